The maximum absolute atomic E-state index is 12.3. The van der Waals surface area contributed by atoms with Crippen LogP contribution in [0.4, 0.5) is 0 Å². The first-order valence-corrected chi connectivity index (χ1v) is 8.36. The lowest BCUT2D eigenvalue weighted by molar-refractivity contribution is 0.0798. The van der Waals surface area contributed by atoms with Crippen LogP contribution in [0.3, 0.4) is 0 Å². The summed E-state index contributed by atoms with van der Waals surface area (Å²) in [6.07, 6.45) is 0.927. The Hall–Kier alpha value is -0.780. The van der Waals surface area contributed by atoms with Gasteiger partial charge in [-0.25, -0.2) is 0 Å². The van der Waals surface area contributed by atoms with Gasteiger partial charge in [0.25, 0.3) is 0 Å². The van der Waals surface area contributed by atoms with E-state index in [9.17, 15) is 4.21 Å². The maximum atomic E-state index is 12.3. The normalized spacial score (nSPS) is 15.4. The molecule has 0 saturated carbocycles. The van der Waals surface area contributed by atoms with Gasteiger partial charge in [-0.1, -0.05) is 11.6 Å². The van der Waals surface area contributed by atoms with E-state index in [2.05, 4.69) is 0 Å². The number of ether oxygens (including phenoxy) is 3. The van der Waals surface area contributed by atoms with Crippen molar-refractivity contribution in [2.24, 2.45) is 0 Å². The van der Waals surface area contributed by atoms with Crippen LogP contribution >= 0.6 is 11.6 Å². The highest BCUT2D eigenvalue weighted by Crippen LogP contribution is 2.36. The quantitative estimate of drug-likeness (QED) is 0.756. The summed E-state index contributed by atoms with van der Waals surface area (Å²) in [7, 11) is -1.16. The van der Waals surface area contributed by atoms with Crippen LogP contribution in [-0.2, 0) is 15.5 Å². The lowest BCUT2D eigenvalue weighted by atomic mass is 10.3. The van der Waals surface area contributed by atoms with Crippen LogP contribution in [0.5, 0.6) is 11.5 Å². The van der Waals surface area contributed by atoms with Gasteiger partial charge < -0.3 is 14.2 Å². The van der Waals surface area contributed by atoms with E-state index in [1.54, 1.807) is 12.1 Å². The molecule has 0 bridgehead atoms. The van der Waals surface area contributed by atoms with Gasteiger partial charge in [0, 0.05) is 24.5 Å². The zero-order valence-corrected chi connectivity index (χ0v) is 13.3. The second kappa shape index (κ2) is 7.29. The zero-order chi connectivity index (χ0) is 14.5. The van der Waals surface area contributed by atoms with Crippen LogP contribution < -0.4 is 9.47 Å². The molecule has 1 atom stereocenters. The molecule has 0 unspecified atom stereocenters. The second-order valence-electron chi connectivity index (χ2n) is 4.75. The van der Waals surface area contributed by atoms with Crippen LogP contribution in [0.15, 0.2) is 17.0 Å². The minimum absolute atomic E-state index is 0.196. The molecule has 0 fully saturated rings. The molecular formula is C14H19ClO4S. The first-order chi connectivity index (χ1) is 9.58. The molecule has 112 valence electrons. The van der Waals surface area contributed by atoms with Crippen molar-refractivity contribution in [1.82, 2.24) is 0 Å². The molecule has 0 radical (unpaired) electrons. The average molecular weight is 319 g/mol. The van der Waals surface area contributed by atoms with Crippen molar-refractivity contribution in [2.75, 3.05) is 25.6 Å². The Morgan fingerprint density at radius 2 is 1.95 bits per heavy atom. The van der Waals surface area contributed by atoms with Crippen molar-refractivity contribution in [3.05, 3.63) is 17.2 Å². The topological polar surface area (TPSA) is 44.8 Å². The van der Waals surface area contributed by atoms with Crippen molar-refractivity contribution < 1.29 is 18.4 Å². The molecule has 6 heteroatoms. The summed E-state index contributed by atoms with van der Waals surface area (Å²) in [6, 6.07) is 3.39. The summed E-state index contributed by atoms with van der Waals surface area (Å²) in [4.78, 5) is 0.598. The molecule has 0 N–H and O–H groups in total. The van der Waals surface area contributed by atoms with E-state index in [0.717, 1.165) is 6.42 Å². The van der Waals surface area contributed by atoms with Crippen LogP contribution in [0.2, 0.25) is 5.02 Å². The Balaban J connectivity index is 1.99. The fourth-order valence-corrected chi connectivity index (χ4v) is 3.37. The van der Waals surface area contributed by atoms with Crippen LogP contribution in [0.25, 0.3) is 0 Å². The predicted octanol–water partition coefficient (Wildman–Crippen LogP) is 3.03. The van der Waals surface area contributed by atoms with Crippen molar-refractivity contribution in [3.63, 3.8) is 0 Å². The molecule has 2 rings (SSSR count). The van der Waals surface area contributed by atoms with Gasteiger partial charge in [-0.15, -0.1) is 0 Å². The van der Waals surface area contributed by atoms with E-state index in [4.69, 9.17) is 25.8 Å². The SMILES string of the molecule is CC(C)OCCC[S@](=O)c1cc2c(cc1Cl)OCCO2. The summed E-state index contributed by atoms with van der Waals surface area (Å²) < 4.78 is 28.6. The minimum atomic E-state index is -1.16. The fraction of sp³-hybridized carbons (Fsp3) is 0.571. The molecular weight excluding hydrogens is 300 g/mol. The molecule has 1 aromatic rings. The standard InChI is InChI=1S/C14H19ClO4S/c1-10(2)17-4-3-7-20(16)14-9-13-12(8-11(14)15)18-5-6-19-13/h8-10H,3-7H2,1-2H3/t20-/m0/s1. The zero-order valence-electron chi connectivity index (χ0n) is 11.7. The summed E-state index contributed by atoms with van der Waals surface area (Å²) in [6.45, 7) is 5.58. The van der Waals surface area contributed by atoms with E-state index < -0.39 is 10.8 Å². The van der Waals surface area contributed by atoms with Crippen LogP contribution in [0, 0.1) is 0 Å². The number of rotatable bonds is 6. The molecule has 0 aromatic heterocycles. The van der Waals surface area contributed by atoms with Gasteiger partial charge in [-0.3, -0.25) is 4.21 Å². The largest absolute Gasteiger partial charge is 0.486 e. The van der Waals surface area contributed by atoms with Gasteiger partial charge >= 0.3 is 0 Å². The minimum Gasteiger partial charge on any atom is -0.486 e. The van der Waals surface area contributed by atoms with Crippen molar-refractivity contribution in [2.45, 2.75) is 31.3 Å². The first-order valence-electron chi connectivity index (χ1n) is 6.67. The Labute approximate surface area is 126 Å². The van der Waals surface area contributed by atoms with E-state index in [1.807, 2.05) is 13.8 Å². The third kappa shape index (κ3) is 4.11. The van der Waals surface area contributed by atoms with E-state index >= 15 is 0 Å². The number of fused-ring (bicyclic) bond motifs is 1. The summed E-state index contributed by atoms with van der Waals surface area (Å²) >= 11 is 6.16. The average Bonchev–Trinajstić information content (AvgIpc) is 2.42. The van der Waals surface area contributed by atoms with Crippen molar-refractivity contribution in [3.8, 4) is 11.5 Å². The van der Waals surface area contributed by atoms with Crippen molar-refractivity contribution >= 4 is 22.4 Å². The lowest BCUT2D eigenvalue weighted by Crippen LogP contribution is -2.16. The molecule has 1 aromatic carbocycles. The Bertz CT molecular complexity index is 490. The Kier molecular flexibility index (Phi) is 5.69. The molecule has 0 amide bonds. The Morgan fingerprint density at radius 1 is 1.30 bits per heavy atom. The smallest absolute Gasteiger partial charge is 0.162 e. The van der Waals surface area contributed by atoms with Crippen LogP contribution in [0.1, 0.15) is 20.3 Å². The lowest BCUT2D eigenvalue weighted by Gasteiger charge is -2.19. The first kappa shape index (κ1) is 15.6. The van der Waals surface area contributed by atoms with Gasteiger partial charge in [0.15, 0.2) is 11.5 Å². The molecule has 4 nitrogen and oxygen atoms in total. The van der Waals surface area contributed by atoms with Gasteiger partial charge in [0.1, 0.15) is 13.2 Å². The number of halogens is 1. The Morgan fingerprint density at radius 3 is 2.60 bits per heavy atom. The molecule has 1 aliphatic rings. The van der Waals surface area contributed by atoms with Crippen molar-refractivity contribution in [1.29, 1.82) is 0 Å². The second-order valence-corrected chi connectivity index (χ2v) is 6.70. The van der Waals surface area contributed by atoms with Gasteiger partial charge in [-0.2, -0.15) is 0 Å². The molecule has 0 saturated heterocycles. The van der Waals surface area contributed by atoms with E-state index in [-0.39, 0.29) is 6.10 Å². The number of benzene rings is 1. The number of hydrogen-bond acceptors (Lipinski definition) is 4. The fourth-order valence-electron chi connectivity index (χ4n) is 1.84. The third-order valence-electron chi connectivity index (χ3n) is 2.77. The van der Waals surface area contributed by atoms with Gasteiger partial charge in [-0.05, 0) is 20.3 Å². The highest BCUT2D eigenvalue weighted by atomic mass is 35.5. The highest BCUT2D eigenvalue weighted by Gasteiger charge is 2.18. The summed E-state index contributed by atoms with van der Waals surface area (Å²) in [5.41, 5.74) is 0. The van der Waals surface area contributed by atoms with E-state index in [1.165, 1.54) is 0 Å². The summed E-state index contributed by atoms with van der Waals surface area (Å²) in [5.74, 6) is 1.75. The molecule has 1 aliphatic heterocycles. The third-order valence-corrected chi connectivity index (χ3v) is 4.68. The van der Waals surface area contributed by atoms with E-state index in [0.29, 0.717) is 47.0 Å². The molecule has 0 spiro atoms. The highest BCUT2D eigenvalue weighted by molar-refractivity contribution is 7.85. The summed E-state index contributed by atoms with van der Waals surface area (Å²) in [5, 5.41) is 0.456. The van der Waals surface area contributed by atoms with Gasteiger partial charge in [0.05, 0.1) is 26.8 Å². The number of hydrogen-bond donors (Lipinski definition) is 0. The monoisotopic (exact) mass is 318 g/mol. The molecule has 0 aliphatic carbocycles. The molecule has 20 heavy (non-hydrogen) atoms. The van der Waals surface area contributed by atoms with Crippen LogP contribution in [-0.4, -0.2) is 35.9 Å². The maximum Gasteiger partial charge on any atom is 0.162 e. The molecule has 1 heterocycles. The predicted molar refractivity (Wildman–Crippen MR) is 79.4 cm³/mol. The van der Waals surface area contributed by atoms with Gasteiger partial charge in [0.2, 0.25) is 0 Å².